The van der Waals surface area contributed by atoms with Gasteiger partial charge in [-0.15, -0.1) is 11.3 Å². The van der Waals surface area contributed by atoms with Gasteiger partial charge in [-0.2, -0.15) is 0 Å². The van der Waals surface area contributed by atoms with Crippen LogP contribution in [0, 0.1) is 0 Å². The number of aromatic amines is 1. The van der Waals surface area contributed by atoms with Crippen molar-refractivity contribution in [1.82, 2.24) is 9.97 Å². The Hall–Kier alpha value is -1.89. The average Bonchev–Trinajstić information content (AvgIpc) is 3.56. The Balaban J connectivity index is 1.45. The highest BCUT2D eigenvalue weighted by Gasteiger charge is 2.55. The van der Waals surface area contributed by atoms with Crippen molar-refractivity contribution < 1.29 is 9.31 Å². The van der Waals surface area contributed by atoms with Gasteiger partial charge < -0.3 is 14.3 Å². The van der Waals surface area contributed by atoms with E-state index in [4.69, 9.17) is 9.31 Å². The molecule has 1 aromatic carbocycles. The third kappa shape index (κ3) is 2.99. The van der Waals surface area contributed by atoms with Gasteiger partial charge in [-0.05, 0) is 81.0 Å². The minimum Gasteiger partial charge on any atom is -0.399 e. The number of rotatable bonds is 3. The van der Waals surface area contributed by atoms with Crippen LogP contribution >= 0.6 is 11.3 Å². The SMILES string of the molecule is CC1(C)OB(c2sc(-c3ccc(-c4cnc[nH]4)cc3)c3c2CCC32CCCC2)OC1(C)C. The molecule has 6 rings (SSSR count). The fourth-order valence-electron chi connectivity index (χ4n) is 5.89. The molecule has 0 radical (unpaired) electrons. The summed E-state index contributed by atoms with van der Waals surface area (Å²) in [6, 6.07) is 8.97. The topological polar surface area (TPSA) is 47.1 Å². The van der Waals surface area contributed by atoms with E-state index in [9.17, 15) is 0 Å². The number of hydrogen-bond donors (Lipinski definition) is 1. The van der Waals surface area contributed by atoms with E-state index >= 15 is 0 Å². The van der Waals surface area contributed by atoms with Gasteiger partial charge in [0.2, 0.25) is 0 Å². The summed E-state index contributed by atoms with van der Waals surface area (Å²) in [7, 11) is -0.270. The molecule has 32 heavy (non-hydrogen) atoms. The maximum Gasteiger partial charge on any atom is 0.505 e. The van der Waals surface area contributed by atoms with E-state index in [2.05, 4.69) is 61.9 Å². The normalized spacial score (nSPS) is 22.7. The second-order valence-corrected chi connectivity index (χ2v) is 11.8. The summed E-state index contributed by atoms with van der Waals surface area (Å²) in [6.45, 7) is 8.59. The van der Waals surface area contributed by atoms with Crippen molar-refractivity contribution in [2.75, 3.05) is 0 Å². The molecule has 6 heteroatoms. The molecule has 0 unspecified atom stereocenters. The maximum atomic E-state index is 6.52. The predicted molar refractivity (Wildman–Crippen MR) is 132 cm³/mol. The van der Waals surface area contributed by atoms with Crippen molar-refractivity contribution in [3.63, 3.8) is 0 Å². The number of benzene rings is 1. The Kier molecular flexibility index (Phi) is 4.56. The average molecular weight is 446 g/mol. The lowest BCUT2D eigenvalue weighted by molar-refractivity contribution is 0.00578. The number of nitrogens with one attached hydrogen (secondary N) is 1. The lowest BCUT2D eigenvalue weighted by Crippen LogP contribution is -2.41. The van der Waals surface area contributed by atoms with Crippen LogP contribution in [0.1, 0.15) is 70.9 Å². The first-order valence-electron chi connectivity index (χ1n) is 11.9. The molecule has 1 aliphatic heterocycles. The number of hydrogen-bond acceptors (Lipinski definition) is 4. The minimum absolute atomic E-state index is 0.270. The monoisotopic (exact) mass is 446 g/mol. The standard InChI is InChI=1S/C26H31BN2O2S/c1-24(2)25(3,4)31-27(30-24)23-19-11-14-26(12-5-6-13-26)21(19)22(32-23)18-9-7-17(8-10-18)20-15-28-16-29-20/h7-10,15-16H,5-6,11-14H2,1-4H3,(H,28,29). The number of thiophene rings is 1. The Morgan fingerprint density at radius 3 is 2.22 bits per heavy atom. The molecule has 166 valence electrons. The minimum atomic E-state index is -0.315. The first kappa shape index (κ1) is 20.7. The highest BCUT2D eigenvalue weighted by molar-refractivity contribution is 7.25. The molecule has 3 aliphatic rings. The Labute approximate surface area is 194 Å². The summed E-state index contributed by atoms with van der Waals surface area (Å²) in [5, 5.41) is 0. The molecule has 1 spiro atoms. The maximum absolute atomic E-state index is 6.52. The van der Waals surface area contributed by atoms with E-state index in [1.54, 1.807) is 11.9 Å². The molecular weight excluding hydrogens is 415 g/mol. The molecule has 2 fully saturated rings. The fraction of sp³-hybridized carbons (Fsp3) is 0.500. The summed E-state index contributed by atoms with van der Waals surface area (Å²) in [6.07, 6.45) is 11.4. The predicted octanol–water partition coefficient (Wildman–Crippen LogP) is 5.86. The zero-order valence-corrected chi connectivity index (χ0v) is 20.3. The Morgan fingerprint density at radius 2 is 1.59 bits per heavy atom. The molecule has 0 bridgehead atoms. The number of H-pyrrole nitrogens is 1. The van der Waals surface area contributed by atoms with Gasteiger partial charge in [0.05, 0.1) is 29.4 Å². The molecule has 0 atom stereocenters. The molecule has 3 aromatic rings. The van der Waals surface area contributed by atoms with Gasteiger partial charge >= 0.3 is 7.12 Å². The summed E-state index contributed by atoms with van der Waals surface area (Å²) in [5.41, 5.74) is 6.38. The molecule has 4 nitrogen and oxygen atoms in total. The third-order valence-corrected chi connectivity index (χ3v) is 9.71. The second kappa shape index (κ2) is 7.05. The molecule has 1 saturated heterocycles. The van der Waals surface area contributed by atoms with E-state index < -0.39 is 0 Å². The van der Waals surface area contributed by atoms with Gasteiger partial charge in [-0.25, -0.2) is 4.98 Å². The zero-order valence-electron chi connectivity index (χ0n) is 19.5. The van der Waals surface area contributed by atoms with Crippen LogP contribution in [-0.2, 0) is 21.1 Å². The summed E-state index contributed by atoms with van der Waals surface area (Å²) in [5.74, 6) is 0. The van der Waals surface area contributed by atoms with Gasteiger partial charge in [0.25, 0.3) is 0 Å². The first-order valence-corrected chi connectivity index (χ1v) is 12.7. The van der Waals surface area contributed by atoms with E-state index in [1.807, 2.05) is 17.5 Å². The van der Waals surface area contributed by atoms with Gasteiger partial charge in [-0.3, -0.25) is 0 Å². The molecule has 1 saturated carbocycles. The summed E-state index contributed by atoms with van der Waals surface area (Å²) >= 11 is 1.91. The van der Waals surface area contributed by atoms with Gasteiger partial charge in [0.15, 0.2) is 0 Å². The summed E-state index contributed by atoms with van der Waals surface area (Å²) < 4.78 is 14.3. The van der Waals surface area contributed by atoms with Gasteiger partial charge in [0.1, 0.15) is 0 Å². The van der Waals surface area contributed by atoms with E-state index in [0.29, 0.717) is 5.41 Å². The highest BCUT2D eigenvalue weighted by atomic mass is 32.1. The molecule has 2 aromatic heterocycles. The van der Waals surface area contributed by atoms with Crippen LogP contribution in [0.4, 0.5) is 0 Å². The van der Waals surface area contributed by atoms with Crippen molar-refractivity contribution in [2.24, 2.45) is 0 Å². The Bertz CT molecular complexity index is 1130. The number of imidazole rings is 1. The number of fused-ring (bicyclic) bond motifs is 2. The molecule has 2 aliphatic carbocycles. The zero-order chi connectivity index (χ0) is 22.1. The van der Waals surface area contributed by atoms with Crippen LogP contribution in [0.15, 0.2) is 36.8 Å². The first-order chi connectivity index (χ1) is 15.3. The molecule has 0 amide bonds. The Morgan fingerprint density at radius 1 is 0.938 bits per heavy atom. The molecule has 1 N–H and O–H groups in total. The van der Waals surface area contributed by atoms with Crippen LogP contribution in [-0.4, -0.2) is 28.3 Å². The van der Waals surface area contributed by atoms with Crippen molar-refractivity contribution in [2.45, 2.75) is 82.8 Å². The van der Waals surface area contributed by atoms with E-state index in [-0.39, 0.29) is 18.3 Å². The highest BCUT2D eigenvalue weighted by Crippen LogP contribution is 2.55. The van der Waals surface area contributed by atoms with Gasteiger partial charge in [-0.1, -0.05) is 37.1 Å². The van der Waals surface area contributed by atoms with Crippen LogP contribution in [0.3, 0.4) is 0 Å². The molecule has 3 heterocycles. The van der Waals surface area contributed by atoms with Crippen LogP contribution in [0.5, 0.6) is 0 Å². The van der Waals surface area contributed by atoms with Gasteiger partial charge in [0, 0.05) is 9.65 Å². The van der Waals surface area contributed by atoms with E-state index in [0.717, 1.165) is 12.1 Å². The van der Waals surface area contributed by atoms with E-state index in [1.165, 1.54) is 58.4 Å². The number of aromatic nitrogens is 2. The van der Waals surface area contributed by atoms with Crippen molar-refractivity contribution in [3.05, 3.63) is 47.9 Å². The lowest BCUT2D eigenvalue weighted by atomic mass is 9.78. The van der Waals surface area contributed by atoms with Crippen LogP contribution in [0.2, 0.25) is 0 Å². The van der Waals surface area contributed by atoms with Crippen LogP contribution in [0.25, 0.3) is 21.7 Å². The largest absolute Gasteiger partial charge is 0.505 e. The van der Waals surface area contributed by atoms with Crippen molar-refractivity contribution in [1.29, 1.82) is 0 Å². The van der Waals surface area contributed by atoms with Crippen molar-refractivity contribution in [3.8, 4) is 21.7 Å². The van der Waals surface area contributed by atoms with Crippen molar-refractivity contribution >= 4 is 23.2 Å². The smallest absolute Gasteiger partial charge is 0.399 e. The molecular formula is C26H31BN2O2S. The quantitative estimate of drug-likeness (QED) is 0.513. The number of nitrogens with zero attached hydrogens (tertiary/aromatic N) is 1. The van der Waals surface area contributed by atoms with Crippen LogP contribution < -0.4 is 4.78 Å². The lowest BCUT2D eigenvalue weighted by Gasteiger charge is -2.32. The fourth-order valence-corrected chi connectivity index (χ4v) is 7.33. The second-order valence-electron chi connectivity index (χ2n) is 10.8. The third-order valence-electron chi connectivity index (χ3n) is 8.41. The summed E-state index contributed by atoms with van der Waals surface area (Å²) in [4.78, 5) is 8.80.